The first-order valence-corrected chi connectivity index (χ1v) is 9.61. The molecule has 0 unspecified atom stereocenters. The summed E-state index contributed by atoms with van der Waals surface area (Å²) < 4.78 is 23.0. The van der Waals surface area contributed by atoms with Crippen molar-refractivity contribution in [2.24, 2.45) is 0 Å². The van der Waals surface area contributed by atoms with Crippen LogP contribution in [0.15, 0.2) is 29.2 Å². The zero-order valence-electron chi connectivity index (χ0n) is 13.6. The van der Waals surface area contributed by atoms with E-state index in [0.29, 0.717) is 4.90 Å². The SMILES string of the molecule is C[C@H](O)CN1CCN([C@H](C)c2ccc(S(C)(=O)=O)cc2)CC1. The van der Waals surface area contributed by atoms with Gasteiger partial charge >= 0.3 is 0 Å². The number of hydrogen-bond donors (Lipinski definition) is 1. The second-order valence-electron chi connectivity index (χ2n) is 6.20. The number of aliphatic hydroxyl groups is 1. The molecule has 1 aliphatic rings. The maximum absolute atomic E-state index is 11.5. The van der Waals surface area contributed by atoms with Crippen molar-refractivity contribution >= 4 is 9.84 Å². The molecular formula is C16H26N2O3S. The van der Waals surface area contributed by atoms with Gasteiger partial charge < -0.3 is 5.11 Å². The first-order chi connectivity index (χ1) is 10.3. The van der Waals surface area contributed by atoms with Crippen molar-refractivity contribution in [1.82, 2.24) is 9.80 Å². The number of benzene rings is 1. The van der Waals surface area contributed by atoms with Crippen molar-refractivity contribution in [2.45, 2.75) is 30.9 Å². The lowest BCUT2D eigenvalue weighted by molar-refractivity contribution is 0.0655. The predicted molar refractivity (Wildman–Crippen MR) is 87.7 cm³/mol. The van der Waals surface area contributed by atoms with Gasteiger partial charge in [0.2, 0.25) is 0 Å². The normalized spacial score (nSPS) is 20.7. The Labute approximate surface area is 133 Å². The van der Waals surface area contributed by atoms with Gasteiger partial charge in [0.25, 0.3) is 0 Å². The molecule has 124 valence electrons. The summed E-state index contributed by atoms with van der Waals surface area (Å²) in [7, 11) is -3.13. The van der Waals surface area contributed by atoms with Gasteiger partial charge in [0.15, 0.2) is 9.84 Å². The second-order valence-corrected chi connectivity index (χ2v) is 8.22. The number of rotatable bonds is 5. The van der Waals surface area contributed by atoms with Crippen LogP contribution in [0.3, 0.4) is 0 Å². The molecule has 22 heavy (non-hydrogen) atoms. The fraction of sp³-hybridized carbons (Fsp3) is 0.625. The topological polar surface area (TPSA) is 60.9 Å². The Balaban J connectivity index is 1.96. The monoisotopic (exact) mass is 326 g/mol. The number of piperazine rings is 1. The molecule has 0 aliphatic carbocycles. The average molecular weight is 326 g/mol. The quantitative estimate of drug-likeness (QED) is 0.879. The molecule has 0 amide bonds. The summed E-state index contributed by atoms with van der Waals surface area (Å²) in [5, 5.41) is 9.45. The van der Waals surface area contributed by atoms with Crippen molar-refractivity contribution < 1.29 is 13.5 Å². The van der Waals surface area contributed by atoms with E-state index in [1.54, 1.807) is 12.1 Å². The molecule has 0 radical (unpaired) electrons. The minimum atomic E-state index is -3.13. The van der Waals surface area contributed by atoms with Gasteiger partial charge in [0.1, 0.15) is 0 Å². The highest BCUT2D eigenvalue weighted by Gasteiger charge is 2.22. The van der Waals surface area contributed by atoms with E-state index in [1.165, 1.54) is 6.26 Å². The van der Waals surface area contributed by atoms with Crippen LogP contribution in [0.5, 0.6) is 0 Å². The number of β-amino-alcohol motifs (C(OH)–C–C–N with tert-alkyl or cyclic N) is 1. The van der Waals surface area contributed by atoms with Crippen LogP contribution in [0, 0.1) is 0 Å². The molecule has 2 atom stereocenters. The lowest BCUT2D eigenvalue weighted by atomic mass is 10.1. The molecule has 5 nitrogen and oxygen atoms in total. The number of aliphatic hydroxyl groups excluding tert-OH is 1. The van der Waals surface area contributed by atoms with Crippen LogP contribution >= 0.6 is 0 Å². The van der Waals surface area contributed by atoms with E-state index < -0.39 is 9.84 Å². The van der Waals surface area contributed by atoms with E-state index >= 15 is 0 Å². The van der Waals surface area contributed by atoms with Crippen LogP contribution in [-0.2, 0) is 9.84 Å². The maximum Gasteiger partial charge on any atom is 0.175 e. The fourth-order valence-electron chi connectivity index (χ4n) is 2.91. The molecule has 2 rings (SSSR count). The van der Waals surface area contributed by atoms with Gasteiger partial charge in [-0.3, -0.25) is 9.80 Å². The number of sulfone groups is 1. The van der Waals surface area contributed by atoms with E-state index in [9.17, 15) is 13.5 Å². The van der Waals surface area contributed by atoms with Crippen LogP contribution in [-0.4, -0.2) is 68.4 Å². The molecule has 1 fully saturated rings. The van der Waals surface area contributed by atoms with Crippen LogP contribution in [0.1, 0.15) is 25.5 Å². The van der Waals surface area contributed by atoms with E-state index in [0.717, 1.165) is 38.3 Å². The molecule has 0 saturated carbocycles. The summed E-state index contributed by atoms with van der Waals surface area (Å²) in [5.41, 5.74) is 1.14. The summed E-state index contributed by atoms with van der Waals surface area (Å²) >= 11 is 0. The van der Waals surface area contributed by atoms with Gasteiger partial charge in [-0.05, 0) is 31.5 Å². The largest absolute Gasteiger partial charge is 0.392 e. The molecule has 1 heterocycles. The average Bonchev–Trinajstić information content (AvgIpc) is 2.46. The standard InChI is InChI=1S/C16H26N2O3S/c1-13(19)12-17-8-10-18(11-9-17)14(2)15-4-6-16(7-5-15)22(3,20)21/h4-7,13-14,19H,8-12H2,1-3H3/t13-,14+/m0/s1. The van der Waals surface area contributed by atoms with E-state index in [-0.39, 0.29) is 12.1 Å². The molecule has 0 bridgehead atoms. The minimum absolute atomic E-state index is 0.266. The van der Waals surface area contributed by atoms with Crippen LogP contribution in [0.2, 0.25) is 0 Å². The van der Waals surface area contributed by atoms with Gasteiger partial charge in [-0.15, -0.1) is 0 Å². The van der Waals surface area contributed by atoms with Gasteiger partial charge in [-0.2, -0.15) is 0 Å². The molecule has 1 aromatic rings. The molecule has 1 aromatic carbocycles. The zero-order chi connectivity index (χ0) is 16.3. The lowest BCUT2D eigenvalue weighted by Crippen LogP contribution is -2.48. The second kappa shape index (κ2) is 7.08. The molecular weight excluding hydrogens is 300 g/mol. The first kappa shape index (κ1) is 17.4. The Kier molecular flexibility index (Phi) is 5.60. The van der Waals surface area contributed by atoms with E-state index in [4.69, 9.17) is 0 Å². The summed E-state index contributed by atoms with van der Waals surface area (Å²) in [6.45, 7) is 8.53. The number of nitrogens with zero attached hydrogens (tertiary/aromatic N) is 2. The third kappa shape index (κ3) is 4.52. The van der Waals surface area contributed by atoms with Crippen molar-refractivity contribution in [1.29, 1.82) is 0 Å². The van der Waals surface area contributed by atoms with Gasteiger partial charge in [-0.25, -0.2) is 8.42 Å². The predicted octanol–water partition coefficient (Wildman–Crippen LogP) is 1.15. The van der Waals surface area contributed by atoms with Gasteiger partial charge in [0, 0.05) is 45.0 Å². The van der Waals surface area contributed by atoms with E-state index in [1.807, 2.05) is 19.1 Å². The van der Waals surface area contributed by atoms with E-state index in [2.05, 4.69) is 16.7 Å². The molecule has 6 heteroatoms. The Hall–Kier alpha value is -0.950. The smallest absolute Gasteiger partial charge is 0.175 e. The zero-order valence-corrected chi connectivity index (χ0v) is 14.4. The molecule has 0 aromatic heterocycles. The highest BCUT2D eigenvalue weighted by Crippen LogP contribution is 2.23. The van der Waals surface area contributed by atoms with Gasteiger partial charge in [-0.1, -0.05) is 12.1 Å². The highest BCUT2D eigenvalue weighted by molar-refractivity contribution is 7.90. The molecule has 1 aliphatic heterocycles. The van der Waals surface area contributed by atoms with Gasteiger partial charge in [0.05, 0.1) is 11.0 Å². The van der Waals surface area contributed by atoms with Crippen molar-refractivity contribution in [3.63, 3.8) is 0 Å². The Morgan fingerprint density at radius 3 is 2.09 bits per heavy atom. The van der Waals surface area contributed by atoms with Crippen LogP contribution < -0.4 is 0 Å². The number of hydrogen-bond acceptors (Lipinski definition) is 5. The summed E-state index contributed by atoms with van der Waals surface area (Å²) in [6, 6.07) is 7.45. The highest BCUT2D eigenvalue weighted by atomic mass is 32.2. The minimum Gasteiger partial charge on any atom is -0.392 e. The lowest BCUT2D eigenvalue weighted by Gasteiger charge is -2.38. The summed E-state index contributed by atoms with van der Waals surface area (Å²) in [5.74, 6) is 0. The molecule has 0 spiro atoms. The third-order valence-corrected chi connectivity index (χ3v) is 5.40. The van der Waals surface area contributed by atoms with Crippen molar-refractivity contribution in [3.8, 4) is 0 Å². The fourth-order valence-corrected chi connectivity index (χ4v) is 3.54. The Morgan fingerprint density at radius 1 is 1.09 bits per heavy atom. The molecule has 1 N–H and O–H groups in total. The van der Waals surface area contributed by atoms with Crippen LogP contribution in [0.25, 0.3) is 0 Å². The summed E-state index contributed by atoms with van der Waals surface area (Å²) in [6.07, 6.45) is 0.944. The third-order valence-electron chi connectivity index (χ3n) is 4.27. The first-order valence-electron chi connectivity index (χ1n) is 7.72. The molecule has 1 saturated heterocycles. The summed E-state index contributed by atoms with van der Waals surface area (Å²) in [4.78, 5) is 5.04. The van der Waals surface area contributed by atoms with Crippen molar-refractivity contribution in [3.05, 3.63) is 29.8 Å². The van der Waals surface area contributed by atoms with Crippen LogP contribution in [0.4, 0.5) is 0 Å². The Bertz CT molecular complexity index is 576. The maximum atomic E-state index is 11.5. The van der Waals surface area contributed by atoms with Crippen molar-refractivity contribution in [2.75, 3.05) is 39.0 Å². The Morgan fingerprint density at radius 2 is 1.64 bits per heavy atom.